The number of fused-ring (bicyclic) bond motifs is 1. The average molecular weight is 550 g/mol. The Morgan fingerprint density at radius 1 is 0.875 bits per heavy atom. The number of ketones is 1. The SMILES string of the molecule is CCOC(=O)C1=C(C)N=C2C[C@@H](c3ccccc3OC)[C@H](C(=O)OCC)C(=O)C2[C@@H]1c1cc(OC)ccc1OC. The Bertz CT molecular complexity index is 1360. The highest BCUT2D eigenvalue weighted by molar-refractivity contribution is 6.18. The molecule has 0 aromatic heterocycles. The van der Waals surface area contributed by atoms with E-state index in [1.165, 1.54) is 14.2 Å². The molecule has 40 heavy (non-hydrogen) atoms. The summed E-state index contributed by atoms with van der Waals surface area (Å²) in [6.45, 7) is 5.41. The molecule has 2 aromatic carbocycles. The predicted octanol–water partition coefficient (Wildman–Crippen LogP) is 4.64. The maximum Gasteiger partial charge on any atom is 0.336 e. The highest BCUT2D eigenvalue weighted by Gasteiger charge is 2.54. The number of allylic oxidation sites excluding steroid dienone is 1. The molecule has 2 aliphatic rings. The van der Waals surface area contributed by atoms with Gasteiger partial charge in [0.15, 0.2) is 5.78 Å². The maximum absolute atomic E-state index is 14.6. The van der Waals surface area contributed by atoms with Crippen molar-refractivity contribution >= 4 is 23.4 Å². The van der Waals surface area contributed by atoms with Crippen molar-refractivity contribution in [1.29, 1.82) is 0 Å². The van der Waals surface area contributed by atoms with Crippen molar-refractivity contribution in [2.45, 2.75) is 39.0 Å². The van der Waals surface area contributed by atoms with Crippen LogP contribution in [0.4, 0.5) is 0 Å². The van der Waals surface area contributed by atoms with Crippen molar-refractivity contribution in [3.63, 3.8) is 0 Å². The van der Waals surface area contributed by atoms with E-state index in [0.717, 1.165) is 0 Å². The van der Waals surface area contributed by atoms with Gasteiger partial charge in [0.05, 0.1) is 46.0 Å². The molecule has 9 nitrogen and oxygen atoms in total. The van der Waals surface area contributed by atoms with Crippen LogP contribution in [0.1, 0.15) is 50.2 Å². The van der Waals surface area contributed by atoms with E-state index >= 15 is 0 Å². The van der Waals surface area contributed by atoms with Crippen LogP contribution in [0.3, 0.4) is 0 Å². The van der Waals surface area contributed by atoms with Gasteiger partial charge in [-0.2, -0.15) is 0 Å². The summed E-state index contributed by atoms with van der Waals surface area (Å²) in [6, 6.07) is 12.5. The first-order chi connectivity index (χ1) is 19.3. The number of carbonyl (C=O) groups is 3. The monoisotopic (exact) mass is 549 g/mol. The average Bonchev–Trinajstić information content (AvgIpc) is 2.96. The number of Topliss-reactive ketones (excluding diaryl/α,β-unsaturated/α-hetero) is 1. The first kappa shape index (κ1) is 28.9. The van der Waals surface area contributed by atoms with Gasteiger partial charge in [-0.3, -0.25) is 14.6 Å². The van der Waals surface area contributed by atoms with E-state index in [9.17, 15) is 14.4 Å². The van der Waals surface area contributed by atoms with Crippen molar-refractivity contribution in [2.24, 2.45) is 16.8 Å². The molecule has 4 rings (SSSR count). The number of para-hydroxylation sites is 1. The lowest BCUT2D eigenvalue weighted by Gasteiger charge is -2.41. The van der Waals surface area contributed by atoms with Gasteiger partial charge in [0.1, 0.15) is 23.2 Å². The Hall–Kier alpha value is -4.14. The van der Waals surface area contributed by atoms with Crippen molar-refractivity contribution < 1.29 is 38.1 Å². The van der Waals surface area contributed by atoms with Gasteiger partial charge in [-0.05, 0) is 57.0 Å². The third-order valence-corrected chi connectivity index (χ3v) is 7.50. The van der Waals surface area contributed by atoms with Gasteiger partial charge in [-0.1, -0.05) is 18.2 Å². The number of benzene rings is 2. The molecule has 1 unspecified atom stereocenters. The van der Waals surface area contributed by atoms with Gasteiger partial charge >= 0.3 is 11.9 Å². The fourth-order valence-electron chi connectivity index (χ4n) is 5.84. The van der Waals surface area contributed by atoms with Crippen molar-refractivity contribution in [2.75, 3.05) is 34.5 Å². The standard InChI is InChI=1S/C31H35NO8/c1-7-39-30(34)25-17(3)32-22-16-20(19-11-9-10-12-23(19)37-5)27(31(35)40-8-2)29(33)28(22)26(25)21-15-18(36-4)13-14-24(21)38-6/h9-15,20,26-28H,7-8,16H2,1-6H3/t20-,26+,27-,28?/m0/s1. The van der Waals surface area contributed by atoms with Crippen molar-refractivity contribution in [3.8, 4) is 17.2 Å². The number of hydrogen-bond donors (Lipinski definition) is 0. The highest BCUT2D eigenvalue weighted by atomic mass is 16.5. The Labute approximate surface area is 234 Å². The summed E-state index contributed by atoms with van der Waals surface area (Å²) in [5.74, 6) is -3.48. The van der Waals surface area contributed by atoms with E-state index in [1.807, 2.05) is 18.2 Å². The molecule has 0 amide bonds. The van der Waals surface area contributed by atoms with Crippen LogP contribution in [0.2, 0.25) is 0 Å². The van der Waals surface area contributed by atoms with Gasteiger partial charge in [-0.25, -0.2) is 4.79 Å². The van der Waals surface area contributed by atoms with Crippen LogP contribution in [-0.2, 0) is 23.9 Å². The minimum Gasteiger partial charge on any atom is -0.497 e. The van der Waals surface area contributed by atoms with Crippen LogP contribution >= 0.6 is 0 Å². The van der Waals surface area contributed by atoms with Gasteiger partial charge in [0.2, 0.25) is 0 Å². The van der Waals surface area contributed by atoms with E-state index in [2.05, 4.69) is 0 Å². The largest absolute Gasteiger partial charge is 0.497 e. The molecule has 1 aliphatic carbocycles. The minimum absolute atomic E-state index is 0.118. The topological polar surface area (TPSA) is 110 Å². The summed E-state index contributed by atoms with van der Waals surface area (Å²) >= 11 is 0. The van der Waals surface area contributed by atoms with E-state index in [0.29, 0.717) is 39.8 Å². The van der Waals surface area contributed by atoms with E-state index < -0.39 is 35.6 Å². The normalized spacial score (nSPS) is 22.1. The van der Waals surface area contributed by atoms with E-state index in [-0.39, 0.29) is 31.0 Å². The smallest absolute Gasteiger partial charge is 0.336 e. The molecule has 4 atom stereocenters. The number of carbonyl (C=O) groups excluding carboxylic acids is 3. The molecule has 0 spiro atoms. The molecule has 0 bridgehead atoms. The summed E-state index contributed by atoms with van der Waals surface area (Å²) in [5, 5.41) is 0. The molecule has 1 fully saturated rings. The Balaban J connectivity index is 1.97. The summed E-state index contributed by atoms with van der Waals surface area (Å²) in [7, 11) is 4.60. The third-order valence-electron chi connectivity index (χ3n) is 7.50. The van der Waals surface area contributed by atoms with Crippen LogP contribution in [0.5, 0.6) is 17.2 Å². The molecule has 1 heterocycles. The summed E-state index contributed by atoms with van der Waals surface area (Å²) in [4.78, 5) is 46.2. The predicted molar refractivity (Wildman–Crippen MR) is 148 cm³/mol. The molecule has 9 heteroatoms. The summed E-state index contributed by atoms with van der Waals surface area (Å²) in [5.41, 5.74) is 2.54. The lowest BCUT2D eigenvalue weighted by atomic mass is 9.62. The highest BCUT2D eigenvalue weighted by Crippen LogP contribution is 2.51. The number of nitrogens with zero attached hydrogens (tertiary/aromatic N) is 1. The molecule has 1 saturated carbocycles. The number of rotatable bonds is 9. The molecule has 212 valence electrons. The third kappa shape index (κ3) is 5.20. The van der Waals surface area contributed by atoms with E-state index in [1.54, 1.807) is 52.1 Å². The molecule has 0 saturated heterocycles. The lowest BCUT2D eigenvalue weighted by Crippen LogP contribution is -2.49. The lowest BCUT2D eigenvalue weighted by molar-refractivity contribution is -0.153. The first-order valence-corrected chi connectivity index (χ1v) is 13.3. The zero-order valence-corrected chi connectivity index (χ0v) is 23.7. The zero-order chi connectivity index (χ0) is 29.0. The number of hydrogen-bond acceptors (Lipinski definition) is 9. The number of esters is 2. The zero-order valence-electron chi connectivity index (χ0n) is 23.7. The minimum atomic E-state index is -1.14. The first-order valence-electron chi connectivity index (χ1n) is 13.3. The van der Waals surface area contributed by atoms with Gasteiger partial charge < -0.3 is 23.7 Å². The van der Waals surface area contributed by atoms with Crippen LogP contribution in [0.25, 0.3) is 0 Å². The number of ether oxygens (including phenoxy) is 5. The summed E-state index contributed by atoms with van der Waals surface area (Å²) in [6.07, 6.45) is 0.288. The molecule has 0 radical (unpaired) electrons. The second-order valence-electron chi connectivity index (χ2n) is 9.57. The molecule has 0 N–H and O–H groups in total. The van der Waals surface area contributed by atoms with Crippen LogP contribution in [-0.4, -0.2) is 58.0 Å². The fraction of sp³-hybridized carbons (Fsp3) is 0.419. The molecular weight excluding hydrogens is 514 g/mol. The van der Waals surface area contributed by atoms with Crippen LogP contribution < -0.4 is 14.2 Å². The Kier molecular flexibility index (Phi) is 8.92. The van der Waals surface area contributed by atoms with Crippen molar-refractivity contribution in [1.82, 2.24) is 0 Å². The van der Waals surface area contributed by atoms with Crippen LogP contribution in [0, 0.1) is 11.8 Å². The van der Waals surface area contributed by atoms with Crippen LogP contribution in [0.15, 0.2) is 58.7 Å². The summed E-state index contributed by atoms with van der Waals surface area (Å²) < 4.78 is 27.6. The van der Waals surface area contributed by atoms with Gasteiger partial charge in [-0.15, -0.1) is 0 Å². The van der Waals surface area contributed by atoms with Gasteiger partial charge in [0.25, 0.3) is 0 Å². The molecular formula is C31H35NO8. The van der Waals surface area contributed by atoms with E-state index in [4.69, 9.17) is 28.7 Å². The van der Waals surface area contributed by atoms with Gasteiger partial charge in [0, 0.05) is 28.8 Å². The molecule has 1 aliphatic heterocycles. The maximum atomic E-state index is 14.6. The second kappa shape index (κ2) is 12.4. The Morgan fingerprint density at radius 2 is 1.55 bits per heavy atom. The Morgan fingerprint density at radius 3 is 2.20 bits per heavy atom. The second-order valence-corrected chi connectivity index (χ2v) is 9.57. The number of aliphatic imine (C=N–C) groups is 1. The fourth-order valence-corrected chi connectivity index (χ4v) is 5.84. The van der Waals surface area contributed by atoms with Crippen molar-refractivity contribution in [3.05, 3.63) is 64.9 Å². The number of methoxy groups -OCH3 is 3. The molecule has 2 aromatic rings. The quantitative estimate of drug-likeness (QED) is 0.329.